The zero-order valence-electron chi connectivity index (χ0n) is 23.7. The maximum absolute atomic E-state index is 13.7. The van der Waals surface area contributed by atoms with Gasteiger partial charge in [0.15, 0.2) is 11.5 Å². The molecule has 0 radical (unpaired) electrons. The van der Waals surface area contributed by atoms with Crippen LogP contribution in [0.15, 0.2) is 29.4 Å². The fourth-order valence-corrected chi connectivity index (χ4v) is 7.10. The van der Waals surface area contributed by atoms with Crippen LogP contribution in [0.25, 0.3) is 11.3 Å². The number of amides is 1. The second-order valence-corrected chi connectivity index (χ2v) is 12.7. The smallest absolute Gasteiger partial charge is 0.433 e. The number of ether oxygens (including phenoxy) is 3. The van der Waals surface area contributed by atoms with Crippen LogP contribution in [0.1, 0.15) is 59.1 Å². The molecule has 1 N–H and O–H groups in total. The maximum atomic E-state index is 13.7. The van der Waals surface area contributed by atoms with Gasteiger partial charge in [0.05, 0.1) is 37.8 Å². The van der Waals surface area contributed by atoms with Gasteiger partial charge in [-0.3, -0.25) is 4.79 Å². The number of anilines is 1. The third-order valence-electron chi connectivity index (χ3n) is 6.67. The number of nitrogens with one attached hydrogen (secondary N) is 1. The summed E-state index contributed by atoms with van der Waals surface area (Å²) in [5.74, 6) is -1.24. The Bertz CT molecular complexity index is 1620. The van der Waals surface area contributed by atoms with Gasteiger partial charge >= 0.3 is 12.1 Å². The molecule has 0 aliphatic heterocycles. The van der Waals surface area contributed by atoms with Crippen LogP contribution < -0.4 is 14.8 Å². The number of benzene rings is 1. The van der Waals surface area contributed by atoms with Crippen LogP contribution in [0.5, 0.6) is 11.5 Å². The molecule has 1 aliphatic rings. The second-order valence-electron chi connectivity index (χ2n) is 9.59. The van der Waals surface area contributed by atoms with Crippen LogP contribution >= 0.6 is 11.3 Å². The number of nitrogens with zero attached hydrogens (tertiary/aromatic N) is 2. The Labute approximate surface area is 250 Å². The summed E-state index contributed by atoms with van der Waals surface area (Å²) in [4.78, 5) is 33.6. The fraction of sp³-hybridized carbons (Fsp3) is 0.429. The number of esters is 1. The van der Waals surface area contributed by atoms with Crippen LogP contribution in [-0.2, 0) is 38.4 Å². The molecule has 10 nitrogen and oxygen atoms in total. The van der Waals surface area contributed by atoms with Gasteiger partial charge in [0.1, 0.15) is 10.7 Å². The Morgan fingerprint density at radius 3 is 2.44 bits per heavy atom. The van der Waals surface area contributed by atoms with E-state index in [1.165, 1.54) is 43.8 Å². The Balaban J connectivity index is 1.52. The summed E-state index contributed by atoms with van der Waals surface area (Å²) in [5, 5.41) is 2.03. The Hall–Kier alpha value is -3.72. The van der Waals surface area contributed by atoms with E-state index in [4.69, 9.17) is 14.2 Å². The summed E-state index contributed by atoms with van der Waals surface area (Å²) in [7, 11) is -1.69. The first-order valence-corrected chi connectivity index (χ1v) is 15.9. The van der Waals surface area contributed by atoms with Gasteiger partial charge in [-0.15, -0.1) is 11.3 Å². The van der Waals surface area contributed by atoms with Crippen molar-refractivity contribution in [1.82, 2.24) is 9.97 Å². The fourth-order valence-electron chi connectivity index (χ4n) is 4.63. The van der Waals surface area contributed by atoms with Gasteiger partial charge in [0, 0.05) is 16.9 Å². The second kappa shape index (κ2) is 13.3. The lowest BCUT2D eigenvalue weighted by molar-refractivity contribution is -0.141. The number of hydrogen-bond acceptors (Lipinski definition) is 10. The predicted molar refractivity (Wildman–Crippen MR) is 152 cm³/mol. The summed E-state index contributed by atoms with van der Waals surface area (Å²) in [6, 6.07) is 4.88. The highest BCUT2D eigenvalue weighted by molar-refractivity contribution is 7.91. The standard InChI is InChI=1S/C28H30F3N3O7S2/c1-4-41-26(36)24-17-8-5-6-9-21(17)42-25(24)34-23(35)10-7-13-43(37,38)27-32-18(15-22(33-27)28(29,30)31)16-11-12-19(39-2)20(14-16)40-3/h11-12,14-15H,4-10,13H2,1-3H3,(H,34,35). The van der Waals surface area contributed by atoms with Crippen LogP contribution in [0.4, 0.5) is 18.2 Å². The molecule has 0 unspecified atom stereocenters. The van der Waals surface area contributed by atoms with Crippen molar-refractivity contribution >= 4 is 38.1 Å². The predicted octanol–water partition coefficient (Wildman–Crippen LogP) is 5.49. The van der Waals surface area contributed by atoms with E-state index in [9.17, 15) is 31.2 Å². The van der Waals surface area contributed by atoms with E-state index in [0.717, 1.165) is 29.7 Å². The largest absolute Gasteiger partial charge is 0.493 e. The quantitative estimate of drug-likeness (QED) is 0.213. The monoisotopic (exact) mass is 641 g/mol. The van der Waals surface area contributed by atoms with Crippen LogP contribution in [0.3, 0.4) is 0 Å². The highest BCUT2D eigenvalue weighted by atomic mass is 32.2. The van der Waals surface area contributed by atoms with E-state index in [1.807, 2.05) is 0 Å². The van der Waals surface area contributed by atoms with Crippen molar-refractivity contribution in [2.75, 3.05) is 31.9 Å². The lowest BCUT2D eigenvalue weighted by atomic mass is 9.95. The number of hydrogen-bond donors (Lipinski definition) is 1. The molecule has 0 spiro atoms. The molecule has 0 saturated carbocycles. The summed E-state index contributed by atoms with van der Waals surface area (Å²) in [5.41, 5.74) is -0.385. The number of sulfone groups is 1. The lowest BCUT2D eigenvalue weighted by Gasteiger charge is -2.13. The summed E-state index contributed by atoms with van der Waals surface area (Å²) < 4.78 is 82.7. The van der Waals surface area contributed by atoms with Crippen molar-refractivity contribution in [3.63, 3.8) is 0 Å². The van der Waals surface area contributed by atoms with E-state index >= 15 is 0 Å². The summed E-state index contributed by atoms with van der Waals surface area (Å²) >= 11 is 1.29. The molecule has 0 fully saturated rings. The minimum absolute atomic E-state index is 0.150. The van der Waals surface area contributed by atoms with Crippen LogP contribution in [0.2, 0.25) is 0 Å². The van der Waals surface area contributed by atoms with Crippen molar-refractivity contribution < 1.29 is 45.4 Å². The van der Waals surface area contributed by atoms with Gasteiger partial charge in [-0.05, 0) is 68.9 Å². The summed E-state index contributed by atoms with van der Waals surface area (Å²) in [6.07, 6.45) is -2.10. The van der Waals surface area contributed by atoms with Crippen LogP contribution in [0, 0.1) is 0 Å². The highest BCUT2D eigenvalue weighted by Gasteiger charge is 2.35. The minimum atomic E-state index is -4.95. The molecule has 1 aliphatic carbocycles. The van der Waals surface area contributed by atoms with E-state index in [1.54, 1.807) is 6.92 Å². The molecule has 4 rings (SSSR count). The van der Waals surface area contributed by atoms with Gasteiger partial charge in [-0.2, -0.15) is 13.2 Å². The molecule has 43 heavy (non-hydrogen) atoms. The van der Waals surface area contributed by atoms with E-state index in [2.05, 4.69) is 15.3 Å². The van der Waals surface area contributed by atoms with Crippen molar-refractivity contribution in [1.29, 1.82) is 0 Å². The van der Waals surface area contributed by atoms with Gasteiger partial charge in [0.2, 0.25) is 20.9 Å². The average molecular weight is 642 g/mol. The molecule has 2 aromatic heterocycles. The van der Waals surface area contributed by atoms with E-state index < -0.39 is 44.5 Å². The van der Waals surface area contributed by atoms with Gasteiger partial charge in [-0.25, -0.2) is 23.2 Å². The number of thiophene rings is 1. The van der Waals surface area contributed by atoms with Gasteiger partial charge in [-0.1, -0.05) is 0 Å². The molecule has 3 aromatic rings. The first-order valence-electron chi connectivity index (χ1n) is 13.4. The number of aromatic nitrogens is 2. The first-order chi connectivity index (χ1) is 20.4. The topological polar surface area (TPSA) is 134 Å². The first kappa shape index (κ1) is 32.2. The van der Waals surface area contributed by atoms with Crippen molar-refractivity contribution in [2.45, 2.75) is 56.8 Å². The molecular formula is C28H30F3N3O7S2. The molecule has 1 amide bonds. The third-order valence-corrected chi connectivity index (χ3v) is 9.45. The molecule has 0 bridgehead atoms. The zero-order valence-corrected chi connectivity index (χ0v) is 25.3. The van der Waals surface area contributed by atoms with Gasteiger partial charge in [0.25, 0.3) is 0 Å². The maximum Gasteiger partial charge on any atom is 0.433 e. The van der Waals surface area contributed by atoms with E-state index in [0.29, 0.717) is 28.8 Å². The Morgan fingerprint density at radius 2 is 1.77 bits per heavy atom. The van der Waals surface area contributed by atoms with Crippen LogP contribution in [-0.4, -0.2) is 56.8 Å². The van der Waals surface area contributed by atoms with Crippen molar-refractivity contribution in [3.05, 3.63) is 46.0 Å². The number of fused-ring (bicyclic) bond motifs is 1. The number of carbonyl (C=O) groups is 2. The molecule has 15 heteroatoms. The molecule has 0 atom stereocenters. The van der Waals surface area contributed by atoms with Crippen molar-refractivity contribution in [2.24, 2.45) is 0 Å². The Morgan fingerprint density at radius 1 is 1.05 bits per heavy atom. The molecule has 232 valence electrons. The number of alkyl halides is 3. The normalized spacial score (nSPS) is 13.3. The average Bonchev–Trinajstić information content (AvgIpc) is 3.33. The number of rotatable bonds is 11. The SMILES string of the molecule is CCOC(=O)c1c(NC(=O)CCCS(=O)(=O)c2nc(-c3ccc(OC)c(OC)c3)cc(C(F)(F)F)n2)sc2c1CCCC2. The number of carbonyl (C=O) groups excluding carboxylic acids is 2. The summed E-state index contributed by atoms with van der Waals surface area (Å²) in [6.45, 7) is 1.85. The third kappa shape index (κ3) is 7.44. The number of aryl methyl sites for hydroxylation is 1. The van der Waals surface area contributed by atoms with Gasteiger partial charge < -0.3 is 19.5 Å². The number of halogens is 3. The minimum Gasteiger partial charge on any atom is -0.493 e. The highest BCUT2D eigenvalue weighted by Crippen LogP contribution is 2.39. The molecular weight excluding hydrogens is 611 g/mol. The number of methoxy groups -OCH3 is 2. The van der Waals surface area contributed by atoms with E-state index in [-0.39, 0.29) is 36.5 Å². The van der Waals surface area contributed by atoms with Crippen molar-refractivity contribution in [3.8, 4) is 22.8 Å². The molecule has 0 saturated heterocycles. The molecule has 1 aromatic carbocycles. The Kier molecular flexibility index (Phi) is 9.95. The molecule has 2 heterocycles. The zero-order chi connectivity index (χ0) is 31.4. The lowest BCUT2D eigenvalue weighted by Crippen LogP contribution is -2.19.